The minimum Gasteiger partial charge on any atom is -0.477 e. The van der Waals surface area contributed by atoms with E-state index in [2.05, 4.69) is 6.92 Å². The van der Waals surface area contributed by atoms with E-state index in [0.717, 1.165) is 19.3 Å². The Morgan fingerprint density at radius 2 is 1.74 bits per heavy atom. The number of pyridine rings is 1. The van der Waals surface area contributed by atoms with Crippen molar-refractivity contribution < 1.29 is 9.90 Å². The van der Waals surface area contributed by atoms with Crippen LogP contribution in [0, 0.1) is 0 Å². The van der Waals surface area contributed by atoms with Gasteiger partial charge in [0.15, 0.2) is 0 Å². The van der Waals surface area contributed by atoms with Crippen molar-refractivity contribution in [1.82, 2.24) is 4.57 Å². The SMILES string of the molecule is CCCCCCCCCn1c(C(=O)O)cccc1=O. The number of hydrogen-bond acceptors (Lipinski definition) is 2. The predicted molar refractivity (Wildman–Crippen MR) is 75.7 cm³/mol. The van der Waals surface area contributed by atoms with Gasteiger partial charge < -0.3 is 9.67 Å². The number of unbranched alkanes of at least 4 members (excludes halogenated alkanes) is 6. The molecule has 0 saturated carbocycles. The summed E-state index contributed by atoms with van der Waals surface area (Å²) in [6, 6.07) is 4.38. The molecule has 1 aromatic heterocycles. The maximum Gasteiger partial charge on any atom is 0.352 e. The minimum atomic E-state index is -1.04. The van der Waals surface area contributed by atoms with Crippen LogP contribution in [-0.4, -0.2) is 15.6 Å². The van der Waals surface area contributed by atoms with Gasteiger partial charge in [-0.25, -0.2) is 4.79 Å². The Hall–Kier alpha value is -1.58. The van der Waals surface area contributed by atoms with Gasteiger partial charge in [-0.15, -0.1) is 0 Å². The summed E-state index contributed by atoms with van der Waals surface area (Å²) in [5, 5.41) is 9.03. The van der Waals surface area contributed by atoms with Crippen LogP contribution < -0.4 is 5.56 Å². The molecule has 0 unspecified atom stereocenters. The van der Waals surface area contributed by atoms with Gasteiger partial charge in [-0.3, -0.25) is 4.79 Å². The molecular formula is C15H23NO3. The van der Waals surface area contributed by atoms with E-state index in [4.69, 9.17) is 5.11 Å². The van der Waals surface area contributed by atoms with Crippen LogP contribution >= 0.6 is 0 Å². The van der Waals surface area contributed by atoms with Crippen LogP contribution in [-0.2, 0) is 6.54 Å². The Morgan fingerprint density at radius 1 is 1.11 bits per heavy atom. The summed E-state index contributed by atoms with van der Waals surface area (Å²) in [6.45, 7) is 2.68. The molecule has 4 heteroatoms. The quantitative estimate of drug-likeness (QED) is 0.697. The van der Waals surface area contributed by atoms with E-state index in [1.54, 1.807) is 0 Å². The van der Waals surface area contributed by atoms with Gasteiger partial charge in [0.1, 0.15) is 5.69 Å². The zero-order valence-corrected chi connectivity index (χ0v) is 11.6. The van der Waals surface area contributed by atoms with Crippen molar-refractivity contribution >= 4 is 5.97 Å². The summed E-state index contributed by atoms with van der Waals surface area (Å²) in [4.78, 5) is 22.7. The zero-order valence-electron chi connectivity index (χ0n) is 11.6. The monoisotopic (exact) mass is 265 g/mol. The van der Waals surface area contributed by atoms with Crippen LogP contribution in [0.2, 0.25) is 0 Å². The first-order valence-corrected chi connectivity index (χ1v) is 7.10. The number of nitrogens with zero attached hydrogens (tertiary/aromatic N) is 1. The standard InChI is InChI=1S/C15H23NO3/c1-2-3-4-5-6-7-8-12-16-13(15(18)19)10-9-11-14(16)17/h9-11H,2-8,12H2,1H3,(H,18,19). The molecule has 0 aliphatic carbocycles. The molecule has 0 spiro atoms. The van der Waals surface area contributed by atoms with Gasteiger partial charge in [-0.1, -0.05) is 51.5 Å². The van der Waals surface area contributed by atoms with Gasteiger partial charge in [0.05, 0.1) is 0 Å². The number of aromatic carboxylic acids is 1. The maximum absolute atomic E-state index is 11.6. The van der Waals surface area contributed by atoms with Crippen LogP contribution in [0.25, 0.3) is 0 Å². The fourth-order valence-corrected chi connectivity index (χ4v) is 2.16. The molecule has 106 valence electrons. The van der Waals surface area contributed by atoms with E-state index >= 15 is 0 Å². The second-order valence-electron chi connectivity index (χ2n) is 4.83. The minimum absolute atomic E-state index is 0.0819. The molecule has 1 rings (SSSR count). The largest absolute Gasteiger partial charge is 0.477 e. The Kier molecular flexibility index (Phi) is 6.93. The first kappa shape index (κ1) is 15.5. The molecule has 0 saturated heterocycles. The average Bonchev–Trinajstić information content (AvgIpc) is 2.39. The molecule has 19 heavy (non-hydrogen) atoms. The summed E-state index contributed by atoms with van der Waals surface area (Å²) in [7, 11) is 0. The van der Waals surface area contributed by atoms with Crippen molar-refractivity contribution in [2.24, 2.45) is 0 Å². The molecule has 1 heterocycles. The highest BCUT2D eigenvalue weighted by atomic mass is 16.4. The number of carboxylic acids is 1. The smallest absolute Gasteiger partial charge is 0.352 e. The topological polar surface area (TPSA) is 59.3 Å². The van der Waals surface area contributed by atoms with Crippen molar-refractivity contribution in [3.63, 3.8) is 0 Å². The molecular weight excluding hydrogens is 242 g/mol. The highest BCUT2D eigenvalue weighted by Gasteiger charge is 2.09. The molecule has 0 aliphatic heterocycles. The summed E-state index contributed by atoms with van der Waals surface area (Å²) in [5.74, 6) is -1.04. The molecule has 0 atom stereocenters. The van der Waals surface area contributed by atoms with E-state index in [9.17, 15) is 9.59 Å². The van der Waals surface area contributed by atoms with Gasteiger partial charge in [-0.2, -0.15) is 0 Å². The summed E-state index contributed by atoms with van der Waals surface area (Å²) < 4.78 is 1.36. The molecule has 4 nitrogen and oxygen atoms in total. The van der Waals surface area contributed by atoms with Crippen LogP contribution in [0.3, 0.4) is 0 Å². The highest BCUT2D eigenvalue weighted by Crippen LogP contribution is 2.08. The third kappa shape index (κ3) is 5.28. The Labute approximate surface area is 114 Å². The second-order valence-corrected chi connectivity index (χ2v) is 4.83. The summed E-state index contributed by atoms with van der Waals surface area (Å²) in [6.07, 6.45) is 8.07. The van der Waals surface area contributed by atoms with Crippen LogP contribution in [0.5, 0.6) is 0 Å². The molecule has 1 aromatic rings. The Balaban J connectivity index is 2.41. The number of rotatable bonds is 9. The van der Waals surface area contributed by atoms with E-state index < -0.39 is 5.97 Å². The third-order valence-electron chi connectivity index (χ3n) is 3.25. The lowest BCUT2D eigenvalue weighted by Crippen LogP contribution is -2.25. The van der Waals surface area contributed by atoms with Crippen LogP contribution in [0.1, 0.15) is 62.4 Å². The number of aromatic nitrogens is 1. The van der Waals surface area contributed by atoms with Gasteiger partial charge in [-0.05, 0) is 12.5 Å². The van der Waals surface area contributed by atoms with E-state index in [0.29, 0.717) is 6.54 Å². The van der Waals surface area contributed by atoms with Gasteiger partial charge in [0, 0.05) is 12.6 Å². The van der Waals surface area contributed by atoms with Crippen LogP contribution in [0.4, 0.5) is 0 Å². The van der Waals surface area contributed by atoms with Gasteiger partial charge in [0.2, 0.25) is 0 Å². The number of carbonyl (C=O) groups is 1. The van der Waals surface area contributed by atoms with Gasteiger partial charge >= 0.3 is 5.97 Å². The Morgan fingerprint density at radius 3 is 2.37 bits per heavy atom. The molecule has 0 fully saturated rings. The van der Waals surface area contributed by atoms with Gasteiger partial charge in [0.25, 0.3) is 5.56 Å². The molecule has 0 radical (unpaired) electrons. The lowest BCUT2D eigenvalue weighted by molar-refractivity contribution is 0.0683. The normalized spacial score (nSPS) is 10.6. The van der Waals surface area contributed by atoms with E-state index in [1.165, 1.54) is 48.4 Å². The van der Waals surface area contributed by atoms with Crippen molar-refractivity contribution in [2.75, 3.05) is 0 Å². The first-order chi connectivity index (χ1) is 9.16. The molecule has 0 bridgehead atoms. The van der Waals surface area contributed by atoms with Crippen molar-refractivity contribution in [1.29, 1.82) is 0 Å². The molecule has 0 aromatic carbocycles. The van der Waals surface area contributed by atoms with Crippen molar-refractivity contribution in [3.05, 3.63) is 34.2 Å². The fraction of sp³-hybridized carbons (Fsp3) is 0.600. The van der Waals surface area contributed by atoms with Crippen LogP contribution in [0.15, 0.2) is 23.0 Å². The lowest BCUT2D eigenvalue weighted by Gasteiger charge is -2.09. The molecule has 0 aliphatic rings. The van der Waals surface area contributed by atoms with Crippen molar-refractivity contribution in [3.8, 4) is 0 Å². The predicted octanol–water partition coefficient (Wildman–Crippen LogP) is 3.30. The number of carboxylic acid groups (broad SMARTS) is 1. The summed E-state index contributed by atoms with van der Waals surface area (Å²) >= 11 is 0. The highest BCUT2D eigenvalue weighted by molar-refractivity contribution is 5.85. The maximum atomic E-state index is 11.6. The molecule has 0 amide bonds. The summed E-state index contributed by atoms with van der Waals surface area (Å²) in [5.41, 5.74) is -0.149. The Bertz CT molecular complexity index is 451. The first-order valence-electron chi connectivity index (χ1n) is 7.10. The zero-order chi connectivity index (χ0) is 14.1. The lowest BCUT2D eigenvalue weighted by atomic mass is 10.1. The second kappa shape index (κ2) is 8.51. The van der Waals surface area contributed by atoms with E-state index in [-0.39, 0.29) is 11.3 Å². The fourth-order valence-electron chi connectivity index (χ4n) is 2.16. The average molecular weight is 265 g/mol. The molecule has 1 N–H and O–H groups in total. The number of hydrogen-bond donors (Lipinski definition) is 1. The third-order valence-corrected chi connectivity index (χ3v) is 3.25. The van der Waals surface area contributed by atoms with E-state index in [1.807, 2.05) is 0 Å². The van der Waals surface area contributed by atoms with Crippen molar-refractivity contribution in [2.45, 2.75) is 58.4 Å².